The van der Waals surface area contributed by atoms with Gasteiger partial charge in [0.1, 0.15) is 0 Å². The van der Waals surface area contributed by atoms with Gasteiger partial charge in [-0.25, -0.2) is 4.79 Å². The maximum atomic E-state index is 12.0. The summed E-state index contributed by atoms with van der Waals surface area (Å²) in [5, 5.41) is 12.9. The molecule has 2 amide bonds. The summed E-state index contributed by atoms with van der Waals surface area (Å²) in [5.74, 6) is 0.225. The van der Waals surface area contributed by atoms with Crippen LogP contribution in [0.1, 0.15) is 35.4 Å². The summed E-state index contributed by atoms with van der Waals surface area (Å²) in [5.41, 5.74) is 0. The third-order valence-electron chi connectivity index (χ3n) is 3.93. The molecule has 1 fully saturated rings. The van der Waals surface area contributed by atoms with Gasteiger partial charge in [-0.05, 0) is 31.9 Å². The van der Waals surface area contributed by atoms with E-state index in [9.17, 15) is 9.90 Å². The highest BCUT2D eigenvalue weighted by Gasteiger charge is 2.25. The van der Waals surface area contributed by atoms with Gasteiger partial charge < -0.3 is 15.3 Å². The molecule has 0 radical (unpaired) electrons. The van der Waals surface area contributed by atoms with Crippen LogP contribution in [0.5, 0.6) is 0 Å². The molecule has 0 aliphatic heterocycles. The fraction of sp³-hybridized carbons (Fsp3) is 0.667. The van der Waals surface area contributed by atoms with E-state index in [2.05, 4.69) is 18.3 Å². The fourth-order valence-corrected chi connectivity index (χ4v) is 3.54. The van der Waals surface area contributed by atoms with Gasteiger partial charge >= 0.3 is 6.03 Å². The van der Waals surface area contributed by atoms with Crippen LogP contribution in [0.4, 0.5) is 4.79 Å². The van der Waals surface area contributed by atoms with Gasteiger partial charge in [-0.15, -0.1) is 11.3 Å². The molecular weight excluding hydrogens is 272 g/mol. The summed E-state index contributed by atoms with van der Waals surface area (Å²) in [6, 6.07) is 4.05. The highest BCUT2D eigenvalue weighted by molar-refractivity contribution is 7.11. The zero-order chi connectivity index (χ0) is 14.5. The molecule has 5 heteroatoms. The minimum Gasteiger partial charge on any atom is -0.393 e. The van der Waals surface area contributed by atoms with E-state index in [-0.39, 0.29) is 18.1 Å². The van der Waals surface area contributed by atoms with Gasteiger partial charge in [-0.2, -0.15) is 0 Å². The second kappa shape index (κ2) is 7.09. The molecular formula is C15H24N2O2S. The second-order valence-electron chi connectivity index (χ2n) is 5.66. The van der Waals surface area contributed by atoms with E-state index in [1.807, 2.05) is 6.07 Å². The van der Waals surface area contributed by atoms with E-state index in [1.165, 1.54) is 9.75 Å². The highest BCUT2D eigenvalue weighted by Crippen LogP contribution is 2.24. The first-order chi connectivity index (χ1) is 9.56. The largest absolute Gasteiger partial charge is 0.393 e. The number of thiophene rings is 1. The van der Waals surface area contributed by atoms with Crippen molar-refractivity contribution in [3.63, 3.8) is 0 Å². The quantitative estimate of drug-likeness (QED) is 0.897. The smallest absolute Gasteiger partial charge is 0.317 e. The summed E-state index contributed by atoms with van der Waals surface area (Å²) < 4.78 is 0. The van der Waals surface area contributed by atoms with E-state index in [4.69, 9.17) is 0 Å². The van der Waals surface area contributed by atoms with E-state index in [0.29, 0.717) is 13.1 Å². The molecule has 0 aromatic carbocycles. The number of rotatable bonds is 4. The first-order valence-corrected chi connectivity index (χ1v) is 8.10. The van der Waals surface area contributed by atoms with Gasteiger partial charge in [0, 0.05) is 29.3 Å². The number of nitrogens with zero attached hydrogens (tertiary/aromatic N) is 1. The van der Waals surface area contributed by atoms with Crippen LogP contribution in [0, 0.1) is 12.8 Å². The minimum absolute atomic E-state index is 0.0613. The number of nitrogens with one attached hydrogen (secondary N) is 1. The molecule has 2 unspecified atom stereocenters. The second-order valence-corrected chi connectivity index (χ2v) is 7.04. The van der Waals surface area contributed by atoms with Crippen LogP contribution in [-0.2, 0) is 6.54 Å². The number of carbonyl (C=O) groups excluding carboxylic acids is 1. The molecule has 2 atom stereocenters. The highest BCUT2D eigenvalue weighted by atomic mass is 32.1. The molecule has 1 aliphatic carbocycles. The lowest BCUT2D eigenvalue weighted by molar-refractivity contribution is 0.0565. The van der Waals surface area contributed by atoms with E-state index in [0.717, 1.165) is 25.7 Å². The first kappa shape index (κ1) is 15.3. The maximum absolute atomic E-state index is 12.0. The van der Waals surface area contributed by atoms with Crippen molar-refractivity contribution in [3.05, 3.63) is 21.9 Å². The van der Waals surface area contributed by atoms with Crippen molar-refractivity contribution in [2.45, 2.75) is 45.3 Å². The summed E-state index contributed by atoms with van der Waals surface area (Å²) in [4.78, 5) is 16.2. The van der Waals surface area contributed by atoms with Gasteiger partial charge in [0.25, 0.3) is 0 Å². The van der Waals surface area contributed by atoms with E-state index in [1.54, 1.807) is 23.3 Å². The maximum Gasteiger partial charge on any atom is 0.317 e. The molecule has 20 heavy (non-hydrogen) atoms. The van der Waals surface area contributed by atoms with Gasteiger partial charge in [0.2, 0.25) is 0 Å². The monoisotopic (exact) mass is 296 g/mol. The molecule has 2 N–H and O–H groups in total. The Kier molecular flexibility index (Phi) is 5.43. The Labute approximate surface area is 124 Å². The van der Waals surface area contributed by atoms with Crippen LogP contribution >= 0.6 is 11.3 Å². The molecule has 2 rings (SSSR count). The number of hydrogen-bond donors (Lipinski definition) is 2. The molecule has 1 aromatic rings. The van der Waals surface area contributed by atoms with Crippen molar-refractivity contribution >= 4 is 17.4 Å². The number of aliphatic hydroxyl groups excluding tert-OH is 1. The molecule has 1 heterocycles. The Morgan fingerprint density at radius 2 is 2.20 bits per heavy atom. The molecule has 1 aromatic heterocycles. The number of aryl methyl sites for hydroxylation is 1. The number of aliphatic hydroxyl groups is 1. The molecule has 112 valence electrons. The Bertz CT molecular complexity index is 447. The predicted molar refractivity (Wildman–Crippen MR) is 81.9 cm³/mol. The van der Waals surface area contributed by atoms with E-state index < -0.39 is 0 Å². The Hall–Kier alpha value is -1.07. The Morgan fingerprint density at radius 3 is 2.85 bits per heavy atom. The average Bonchev–Trinajstić information content (AvgIpc) is 2.84. The molecule has 1 saturated carbocycles. The third-order valence-corrected chi connectivity index (χ3v) is 4.93. The van der Waals surface area contributed by atoms with Crippen molar-refractivity contribution in [2.75, 3.05) is 13.6 Å². The fourth-order valence-electron chi connectivity index (χ4n) is 2.71. The van der Waals surface area contributed by atoms with Crippen molar-refractivity contribution in [1.82, 2.24) is 10.2 Å². The average molecular weight is 296 g/mol. The lowest BCUT2D eigenvalue weighted by atomic mass is 9.86. The van der Waals surface area contributed by atoms with Crippen LogP contribution in [-0.4, -0.2) is 35.7 Å². The summed E-state index contributed by atoms with van der Waals surface area (Å²) in [7, 11) is 1.80. The number of urea groups is 1. The molecule has 0 spiro atoms. The zero-order valence-electron chi connectivity index (χ0n) is 12.3. The summed E-state index contributed by atoms with van der Waals surface area (Å²) >= 11 is 1.70. The number of carbonyl (C=O) groups is 1. The van der Waals surface area contributed by atoms with Crippen LogP contribution < -0.4 is 5.32 Å². The number of hydrogen-bond acceptors (Lipinski definition) is 3. The molecule has 4 nitrogen and oxygen atoms in total. The van der Waals surface area contributed by atoms with Crippen molar-refractivity contribution in [1.29, 1.82) is 0 Å². The van der Waals surface area contributed by atoms with Crippen LogP contribution in [0.3, 0.4) is 0 Å². The van der Waals surface area contributed by atoms with E-state index >= 15 is 0 Å². The van der Waals surface area contributed by atoms with Crippen molar-refractivity contribution in [3.8, 4) is 0 Å². The predicted octanol–water partition coefficient (Wildman–Crippen LogP) is 2.75. The van der Waals surface area contributed by atoms with Crippen LogP contribution in [0.25, 0.3) is 0 Å². The molecule has 1 aliphatic rings. The van der Waals surface area contributed by atoms with Crippen LogP contribution in [0.2, 0.25) is 0 Å². The van der Waals surface area contributed by atoms with Gasteiger partial charge in [0.05, 0.1) is 12.6 Å². The van der Waals surface area contributed by atoms with Gasteiger partial charge in [-0.1, -0.05) is 12.8 Å². The SMILES string of the molecule is Cc1ccc(CNC(=O)N(C)CC2CCCCC2O)s1. The van der Waals surface area contributed by atoms with Gasteiger partial charge in [-0.3, -0.25) is 0 Å². The van der Waals surface area contributed by atoms with Crippen molar-refractivity contribution < 1.29 is 9.90 Å². The van der Waals surface area contributed by atoms with Gasteiger partial charge in [0.15, 0.2) is 0 Å². The third kappa shape index (κ3) is 4.21. The standard InChI is InChI=1S/C15H24N2O2S/c1-11-7-8-13(20-11)9-16-15(19)17(2)10-12-5-3-4-6-14(12)18/h7-8,12,14,18H,3-6,9-10H2,1-2H3,(H,16,19). The molecule has 0 bridgehead atoms. The zero-order valence-corrected chi connectivity index (χ0v) is 13.1. The van der Waals surface area contributed by atoms with Crippen molar-refractivity contribution in [2.24, 2.45) is 5.92 Å². The Morgan fingerprint density at radius 1 is 1.45 bits per heavy atom. The molecule has 0 saturated heterocycles. The normalized spacial score (nSPS) is 22.6. The number of amides is 2. The Balaban J connectivity index is 1.76. The lowest BCUT2D eigenvalue weighted by Crippen LogP contribution is -2.42. The minimum atomic E-state index is -0.251. The summed E-state index contributed by atoms with van der Waals surface area (Å²) in [6.45, 7) is 3.28. The summed E-state index contributed by atoms with van der Waals surface area (Å²) in [6.07, 6.45) is 3.90. The topological polar surface area (TPSA) is 52.6 Å². The lowest BCUT2D eigenvalue weighted by Gasteiger charge is -2.31. The first-order valence-electron chi connectivity index (χ1n) is 7.28. The van der Waals surface area contributed by atoms with Crippen LogP contribution in [0.15, 0.2) is 12.1 Å².